The van der Waals surface area contributed by atoms with Gasteiger partial charge in [-0.25, -0.2) is 17.6 Å². The number of ether oxygens (including phenoxy) is 1. The molecule has 0 saturated heterocycles. The minimum absolute atomic E-state index is 0.00909. The quantitative estimate of drug-likeness (QED) is 0.622. The summed E-state index contributed by atoms with van der Waals surface area (Å²) in [5, 5.41) is 12.4. The number of amides is 2. The van der Waals surface area contributed by atoms with Crippen molar-refractivity contribution in [2.75, 3.05) is 32.1 Å². The van der Waals surface area contributed by atoms with Crippen LogP contribution in [0.25, 0.3) is 6.08 Å². The Morgan fingerprint density at radius 1 is 1.34 bits per heavy atom. The van der Waals surface area contributed by atoms with Crippen LogP contribution in [-0.2, 0) is 10.0 Å². The van der Waals surface area contributed by atoms with E-state index in [1.54, 1.807) is 32.2 Å². The van der Waals surface area contributed by atoms with E-state index in [1.165, 1.54) is 33.5 Å². The molecule has 10 heteroatoms. The van der Waals surface area contributed by atoms with Gasteiger partial charge in [-0.2, -0.15) is 4.31 Å². The van der Waals surface area contributed by atoms with Crippen molar-refractivity contribution in [1.82, 2.24) is 9.21 Å². The van der Waals surface area contributed by atoms with Gasteiger partial charge in [0.1, 0.15) is 22.6 Å². The van der Waals surface area contributed by atoms with E-state index in [2.05, 4.69) is 5.32 Å². The summed E-state index contributed by atoms with van der Waals surface area (Å²) in [7, 11) is -2.35. The molecule has 0 saturated carbocycles. The van der Waals surface area contributed by atoms with Crippen molar-refractivity contribution in [2.45, 2.75) is 37.8 Å². The van der Waals surface area contributed by atoms with Gasteiger partial charge in [0, 0.05) is 31.2 Å². The van der Waals surface area contributed by atoms with Crippen molar-refractivity contribution in [3.63, 3.8) is 0 Å². The summed E-state index contributed by atoms with van der Waals surface area (Å²) >= 11 is 0. The molecule has 35 heavy (non-hydrogen) atoms. The van der Waals surface area contributed by atoms with Gasteiger partial charge in [-0.05, 0) is 49.7 Å². The van der Waals surface area contributed by atoms with Crippen LogP contribution in [0.5, 0.6) is 5.75 Å². The topological polar surface area (TPSA) is 99.2 Å². The van der Waals surface area contributed by atoms with Crippen molar-refractivity contribution in [3.8, 4) is 5.75 Å². The second-order valence-electron chi connectivity index (χ2n) is 8.77. The van der Waals surface area contributed by atoms with Gasteiger partial charge in [0.25, 0.3) is 0 Å². The molecule has 0 fully saturated rings. The molecule has 0 unspecified atom stereocenters. The molecule has 2 N–H and O–H groups in total. The molecule has 0 spiro atoms. The van der Waals surface area contributed by atoms with E-state index >= 15 is 0 Å². The van der Waals surface area contributed by atoms with Gasteiger partial charge in [-0.3, -0.25) is 0 Å². The summed E-state index contributed by atoms with van der Waals surface area (Å²) in [4.78, 5) is 14.2. The SMILES string of the molecule is CC=Cc1ccc2c(c1)O[C@@H](CN(C)C(=O)Nc1cccc(F)c1)[C@H](C)CN([C@H](C)CO)S2(=O)=O. The van der Waals surface area contributed by atoms with Crippen molar-refractivity contribution in [1.29, 1.82) is 0 Å². The maximum absolute atomic E-state index is 13.5. The predicted octanol–water partition coefficient (Wildman–Crippen LogP) is 3.79. The molecule has 1 aliphatic heterocycles. The number of aliphatic hydroxyl groups excluding tert-OH is 1. The van der Waals surface area contributed by atoms with Crippen LogP contribution >= 0.6 is 0 Å². The minimum Gasteiger partial charge on any atom is -0.487 e. The largest absolute Gasteiger partial charge is 0.487 e. The Bertz CT molecular complexity index is 1190. The number of hydrogen-bond donors (Lipinski definition) is 2. The third-order valence-electron chi connectivity index (χ3n) is 5.93. The Labute approximate surface area is 206 Å². The average Bonchev–Trinajstić information content (AvgIpc) is 2.81. The molecular formula is C25H32FN3O5S. The molecule has 3 rings (SSSR count). The smallest absolute Gasteiger partial charge is 0.321 e. The van der Waals surface area contributed by atoms with Crippen LogP contribution < -0.4 is 10.1 Å². The number of sulfonamides is 1. The van der Waals surface area contributed by atoms with Gasteiger partial charge in [-0.15, -0.1) is 0 Å². The van der Waals surface area contributed by atoms with Crippen LogP contribution in [-0.4, -0.2) is 67.7 Å². The number of rotatable bonds is 6. The lowest BCUT2D eigenvalue weighted by Gasteiger charge is -2.37. The summed E-state index contributed by atoms with van der Waals surface area (Å²) in [6.07, 6.45) is 3.12. The lowest BCUT2D eigenvalue weighted by Crippen LogP contribution is -2.50. The Morgan fingerprint density at radius 3 is 2.74 bits per heavy atom. The third kappa shape index (κ3) is 6.19. The van der Waals surface area contributed by atoms with Crippen LogP contribution in [0.2, 0.25) is 0 Å². The molecule has 0 bridgehead atoms. The Hall–Kier alpha value is -2.95. The highest BCUT2D eigenvalue weighted by Gasteiger charge is 2.38. The van der Waals surface area contributed by atoms with Gasteiger partial charge in [0.05, 0.1) is 13.2 Å². The number of nitrogens with zero attached hydrogens (tertiary/aromatic N) is 2. The molecule has 1 aliphatic rings. The second-order valence-corrected chi connectivity index (χ2v) is 10.6. The summed E-state index contributed by atoms with van der Waals surface area (Å²) in [5.41, 5.74) is 1.09. The number of anilines is 1. The molecule has 8 nitrogen and oxygen atoms in total. The van der Waals surface area contributed by atoms with Crippen LogP contribution in [0, 0.1) is 11.7 Å². The fourth-order valence-electron chi connectivity index (χ4n) is 3.89. The first-order valence-electron chi connectivity index (χ1n) is 11.4. The van der Waals surface area contributed by atoms with Crippen molar-refractivity contribution in [2.24, 2.45) is 5.92 Å². The number of allylic oxidation sites excluding steroid dienone is 1. The number of benzene rings is 2. The minimum atomic E-state index is -3.94. The molecule has 2 aromatic carbocycles. The van der Waals surface area contributed by atoms with E-state index in [4.69, 9.17) is 4.74 Å². The fourth-order valence-corrected chi connectivity index (χ4v) is 5.72. The lowest BCUT2D eigenvalue weighted by atomic mass is 10.0. The van der Waals surface area contributed by atoms with Crippen molar-refractivity contribution >= 4 is 27.8 Å². The number of aliphatic hydroxyl groups is 1. The molecule has 2 amide bonds. The number of hydrogen-bond acceptors (Lipinski definition) is 5. The van der Waals surface area contributed by atoms with Crippen LogP contribution in [0.15, 0.2) is 53.4 Å². The summed E-state index contributed by atoms with van der Waals surface area (Å²) in [6.45, 7) is 5.26. The number of halogens is 1. The number of carbonyl (C=O) groups excluding carboxylic acids is 1. The van der Waals surface area contributed by atoms with E-state index in [9.17, 15) is 22.7 Å². The second kappa shape index (κ2) is 11.2. The first kappa shape index (κ1) is 26.7. The Balaban J connectivity index is 1.93. The molecular weight excluding hydrogens is 473 g/mol. The molecule has 1 heterocycles. The Kier molecular flexibility index (Phi) is 8.52. The number of likely N-dealkylation sites (N-methyl/N-ethyl adjacent to an activating group) is 1. The summed E-state index contributed by atoms with van der Waals surface area (Å²) < 4.78 is 48.0. The highest BCUT2D eigenvalue weighted by Crippen LogP contribution is 2.34. The van der Waals surface area contributed by atoms with Gasteiger partial charge < -0.3 is 20.1 Å². The maximum atomic E-state index is 13.5. The average molecular weight is 506 g/mol. The molecule has 0 aliphatic carbocycles. The van der Waals surface area contributed by atoms with E-state index < -0.39 is 34.0 Å². The lowest BCUT2D eigenvalue weighted by molar-refractivity contribution is 0.0830. The van der Waals surface area contributed by atoms with Crippen molar-refractivity contribution in [3.05, 3.63) is 59.9 Å². The van der Waals surface area contributed by atoms with Crippen LogP contribution in [0.3, 0.4) is 0 Å². The first-order valence-corrected chi connectivity index (χ1v) is 12.8. The maximum Gasteiger partial charge on any atom is 0.321 e. The van der Waals surface area contributed by atoms with Gasteiger partial charge in [0.2, 0.25) is 10.0 Å². The number of fused-ring (bicyclic) bond motifs is 1. The number of carbonyl (C=O) groups is 1. The molecule has 3 atom stereocenters. The van der Waals surface area contributed by atoms with Crippen LogP contribution in [0.1, 0.15) is 26.3 Å². The monoisotopic (exact) mass is 505 g/mol. The predicted molar refractivity (Wildman–Crippen MR) is 133 cm³/mol. The Morgan fingerprint density at radius 2 is 2.09 bits per heavy atom. The third-order valence-corrected chi connectivity index (χ3v) is 7.95. The highest BCUT2D eigenvalue weighted by atomic mass is 32.2. The van der Waals surface area contributed by atoms with Crippen molar-refractivity contribution < 1.29 is 27.4 Å². The summed E-state index contributed by atoms with van der Waals surface area (Å²) in [5.74, 6) is -0.594. The molecule has 190 valence electrons. The van der Waals surface area contributed by atoms with E-state index in [0.29, 0.717) is 5.69 Å². The first-order chi connectivity index (χ1) is 16.6. The van der Waals surface area contributed by atoms with E-state index in [1.807, 2.05) is 26.0 Å². The number of nitrogens with one attached hydrogen (secondary N) is 1. The van der Waals surface area contributed by atoms with Gasteiger partial charge >= 0.3 is 6.03 Å². The van der Waals surface area contributed by atoms with E-state index in [0.717, 1.165) is 5.56 Å². The highest BCUT2D eigenvalue weighted by molar-refractivity contribution is 7.89. The molecule has 0 aromatic heterocycles. The zero-order chi connectivity index (χ0) is 25.8. The van der Waals surface area contributed by atoms with E-state index in [-0.39, 0.29) is 36.3 Å². The molecule has 0 radical (unpaired) electrons. The van der Waals surface area contributed by atoms with Crippen LogP contribution in [0.4, 0.5) is 14.9 Å². The number of urea groups is 1. The zero-order valence-corrected chi connectivity index (χ0v) is 21.1. The zero-order valence-electron chi connectivity index (χ0n) is 20.3. The normalized spacial score (nSPS) is 20.9. The standard InChI is InChI=1S/C25H32FN3O5S/c1-5-7-19-10-11-24-22(12-19)34-23(17(2)14-29(18(3)16-30)35(24,32)33)15-28(4)25(31)27-21-9-6-8-20(26)13-21/h5-13,17-18,23,30H,14-16H2,1-4H3,(H,27,31)/t17-,18-,23+/m1/s1. The fraction of sp³-hybridized carbons (Fsp3) is 0.400. The molecule has 2 aromatic rings. The van der Waals surface area contributed by atoms with Gasteiger partial charge in [0.15, 0.2) is 0 Å². The summed E-state index contributed by atoms with van der Waals surface area (Å²) in [6, 6.07) is 9.36. The van der Waals surface area contributed by atoms with Gasteiger partial charge in [-0.1, -0.05) is 31.2 Å².